The number of alkyl halides is 3. The molecule has 0 unspecified atom stereocenters. The van der Waals surface area contributed by atoms with Gasteiger partial charge in [-0.2, -0.15) is 13.2 Å². The molecule has 0 aliphatic heterocycles. The summed E-state index contributed by atoms with van der Waals surface area (Å²) in [5, 5.41) is 10.7. The lowest BCUT2D eigenvalue weighted by atomic mass is 10.2. The lowest BCUT2D eigenvalue weighted by molar-refractivity contribution is -0.385. The van der Waals surface area contributed by atoms with Gasteiger partial charge < -0.3 is 14.2 Å². The van der Waals surface area contributed by atoms with Gasteiger partial charge >= 0.3 is 17.8 Å². The minimum absolute atomic E-state index is 0.00197. The fourth-order valence-corrected chi connectivity index (χ4v) is 2.13. The van der Waals surface area contributed by atoms with Crippen LogP contribution in [0, 0.1) is 10.1 Å². The number of nitro groups is 1. The third-order valence-electron chi connectivity index (χ3n) is 3.19. The lowest BCUT2D eigenvalue weighted by Gasteiger charge is -2.12. The third-order valence-corrected chi connectivity index (χ3v) is 3.48. The quantitative estimate of drug-likeness (QED) is 0.396. The van der Waals surface area contributed by atoms with E-state index in [0.717, 1.165) is 31.4 Å². The van der Waals surface area contributed by atoms with Crippen LogP contribution in [0.25, 0.3) is 0 Å². The second-order valence-electron chi connectivity index (χ2n) is 5.00. The van der Waals surface area contributed by atoms with E-state index in [1.54, 1.807) is 0 Å². The number of nitrogens with zero attached hydrogens (tertiary/aromatic N) is 1. The van der Waals surface area contributed by atoms with Crippen molar-refractivity contribution in [3.8, 4) is 17.2 Å². The van der Waals surface area contributed by atoms with E-state index in [1.165, 1.54) is 6.07 Å². The summed E-state index contributed by atoms with van der Waals surface area (Å²) in [5.41, 5.74) is -1.39. The molecule has 0 amide bonds. The highest BCUT2D eigenvalue weighted by Crippen LogP contribution is 2.38. The fourth-order valence-electron chi connectivity index (χ4n) is 1.91. The minimum atomic E-state index is -4.57. The van der Waals surface area contributed by atoms with Gasteiger partial charge in [0.15, 0.2) is 6.61 Å². The Kier molecular flexibility index (Phi) is 6.11. The van der Waals surface area contributed by atoms with Crippen molar-refractivity contribution in [2.24, 2.45) is 0 Å². The van der Waals surface area contributed by atoms with Gasteiger partial charge in [0.25, 0.3) is 0 Å². The molecule has 0 saturated heterocycles. The first kappa shape index (κ1) is 20.3. The Morgan fingerprint density at radius 3 is 2.44 bits per heavy atom. The number of carbonyl (C=O) groups is 1. The molecule has 0 N–H and O–H groups in total. The monoisotopic (exact) mass is 405 g/mol. The molecule has 0 saturated carbocycles. The standard InChI is InChI=1S/C16H11ClF3NO6/c1-25-15(22)8-26-14-7-10(3-4-12(14)21(23)24)27-13-5-2-9(6-11(13)17)16(18,19)20/h2-7H,8H2,1H3. The molecule has 0 fully saturated rings. The number of ether oxygens (including phenoxy) is 3. The van der Waals surface area contributed by atoms with Gasteiger partial charge in [0.05, 0.1) is 22.6 Å². The minimum Gasteiger partial charge on any atom is -0.475 e. The Hall–Kier alpha value is -3.01. The Morgan fingerprint density at radius 1 is 1.19 bits per heavy atom. The van der Waals surface area contributed by atoms with E-state index in [2.05, 4.69) is 4.74 Å². The van der Waals surface area contributed by atoms with Crippen LogP contribution in [-0.2, 0) is 15.7 Å². The van der Waals surface area contributed by atoms with E-state index in [-0.39, 0.29) is 22.3 Å². The number of benzene rings is 2. The first-order chi connectivity index (χ1) is 12.6. The molecule has 2 aromatic rings. The second kappa shape index (κ2) is 8.12. The number of carbonyl (C=O) groups excluding carboxylic acids is 1. The number of esters is 1. The molecule has 0 aromatic heterocycles. The summed E-state index contributed by atoms with van der Waals surface area (Å²) in [7, 11) is 1.12. The molecule has 144 valence electrons. The molecule has 7 nitrogen and oxygen atoms in total. The Bertz CT molecular complexity index is 872. The predicted octanol–water partition coefficient (Wildman–Crippen LogP) is 4.61. The number of hydrogen-bond acceptors (Lipinski definition) is 6. The van der Waals surface area contributed by atoms with Crippen LogP contribution in [0.15, 0.2) is 36.4 Å². The van der Waals surface area contributed by atoms with Crippen LogP contribution in [-0.4, -0.2) is 24.6 Å². The molecule has 0 radical (unpaired) electrons. The van der Waals surface area contributed by atoms with Gasteiger partial charge in [-0.05, 0) is 24.3 Å². The first-order valence-electron chi connectivity index (χ1n) is 7.14. The van der Waals surface area contributed by atoms with Crippen molar-refractivity contribution in [2.45, 2.75) is 6.18 Å². The van der Waals surface area contributed by atoms with E-state index >= 15 is 0 Å². The maximum absolute atomic E-state index is 12.7. The average molecular weight is 406 g/mol. The Morgan fingerprint density at radius 2 is 1.89 bits per heavy atom. The van der Waals surface area contributed by atoms with E-state index in [1.807, 2.05) is 0 Å². The van der Waals surface area contributed by atoms with E-state index in [4.69, 9.17) is 21.1 Å². The van der Waals surface area contributed by atoms with Crippen LogP contribution in [0.1, 0.15) is 5.56 Å². The zero-order chi connectivity index (χ0) is 20.2. The molecule has 27 heavy (non-hydrogen) atoms. The molecule has 0 aliphatic rings. The maximum atomic E-state index is 12.7. The van der Waals surface area contributed by atoms with Crippen LogP contribution in [0.2, 0.25) is 5.02 Å². The molecule has 0 aliphatic carbocycles. The van der Waals surface area contributed by atoms with Gasteiger partial charge in [0, 0.05) is 12.1 Å². The largest absolute Gasteiger partial charge is 0.475 e. The molecule has 0 bridgehead atoms. The molecule has 0 heterocycles. The third kappa shape index (κ3) is 5.23. The Balaban J connectivity index is 2.28. The van der Waals surface area contributed by atoms with E-state index < -0.39 is 34.9 Å². The van der Waals surface area contributed by atoms with Crippen LogP contribution in [0.4, 0.5) is 18.9 Å². The summed E-state index contributed by atoms with van der Waals surface area (Å²) in [5.74, 6) is -1.15. The second-order valence-corrected chi connectivity index (χ2v) is 5.40. The zero-order valence-electron chi connectivity index (χ0n) is 13.6. The zero-order valence-corrected chi connectivity index (χ0v) is 14.3. The van der Waals surface area contributed by atoms with Gasteiger partial charge in [-0.25, -0.2) is 4.79 Å². The summed E-state index contributed by atoms with van der Waals surface area (Å²) < 4.78 is 52.8. The van der Waals surface area contributed by atoms with Gasteiger partial charge in [-0.15, -0.1) is 0 Å². The van der Waals surface area contributed by atoms with Crippen molar-refractivity contribution in [1.82, 2.24) is 0 Å². The first-order valence-corrected chi connectivity index (χ1v) is 7.52. The number of halogens is 4. The van der Waals surface area contributed by atoms with Crippen molar-refractivity contribution >= 4 is 23.3 Å². The predicted molar refractivity (Wildman–Crippen MR) is 87.1 cm³/mol. The highest BCUT2D eigenvalue weighted by molar-refractivity contribution is 6.32. The van der Waals surface area contributed by atoms with Crippen molar-refractivity contribution in [2.75, 3.05) is 13.7 Å². The molecule has 2 rings (SSSR count). The summed E-state index contributed by atoms with van der Waals surface area (Å²) in [6.45, 7) is -0.582. The summed E-state index contributed by atoms with van der Waals surface area (Å²) in [6.07, 6.45) is -4.57. The van der Waals surface area contributed by atoms with Crippen LogP contribution in [0.3, 0.4) is 0 Å². The van der Waals surface area contributed by atoms with Crippen LogP contribution < -0.4 is 9.47 Å². The Labute approximate surface area is 155 Å². The topological polar surface area (TPSA) is 87.9 Å². The molecular weight excluding hydrogens is 395 g/mol. The number of methoxy groups -OCH3 is 1. The van der Waals surface area contributed by atoms with E-state index in [9.17, 15) is 28.1 Å². The molecule has 0 atom stereocenters. The van der Waals surface area contributed by atoms with E-state index in [0.29, 0.717) is 6.07 Å². The summed E-state index contributed by atoms with van der Waals surface area (Å²) in [4.78, 5) is 21.4. The normalized spacial score (nSPS) is 11.0. The molecule has 2 aromatic carbocycles. The van der Waals surface area contributed by atoms with Crippen molar-refractivity contribution in [3.05, 3.63) is 57.1 Å². The smallest absolute Gasteiger partial charge is 0.416 e. The summed E-state index contributed by atoms with van der Waals surface area (Å²) >= 11 is 5.80. The van der Waals surface area contributed by atoms with Gasteiger partial charge in [0.1, 0.15) is 11.5 Å². The number of rotatable bonds is 6. The lowest BCUT2D eigenvalue weighted by Crippen LogP contribution is -2.13. The number of hydrogen-bond donors (Lipinski definition) is 0. The highest BCUT2D eigenvalue weighted by Gasteiger charge is 2.31. The molecule has 0 spiro atoms. The highest BCUT2D eigenvalue weighted by atomic mass is 35.5. The van der Waals surface area contributed by atoms with Gasteiger partial charge in [0.2, 0.25) is 5.75 Å². The number of nitro benzene ring substituents is 1. The van der Waals surface area contributed by atoms with Gasteiger partial charge in [-0.3, -0.25) is 10.1 Å². The molecule has 11 heteroatoms. The molecular formula is C16H11ClF3NO6. The van der Waals surface area contributed by atoms with Crippen molar-refractivity contribution in [3.63, 3.8) is 0 Å². The van der Waals surface area contributed by atoms with Crippen molar-refractivity contribution in [1.29, 1.82) is 0 Å². The van der Waals surface area contributed by atoms with Crippen LogP contribution >= 0.6 is 11.6 Å². The van der Waals surface area contributed by atoms with Gasteiger partial charge in [-0.1, -0.05) is 11.6 Å². The van der Waals surface area contributed by atoms with Crippen LogP contribution in [0.5, 0.6) is 17.2 Å². The SMILES string of the molecule is COC(=O)COc1cc(Oc2ccc(C(F)(F)F)cc2Cl)ccc1[N+](=O)[O-]. The summed E-state index contributed by atoms with van der Waals surface area (Å²) in [6, 6.07) is 5.85. The van der Waals surface area contributed by atoms with Crippen molar-refractivity contribution < 1.29 is 37.1 Å². The maximum Gasteiger partial charge on any atom is 0.416 e. The fraction of sp³-hybridized carbons (Fsp3) is 0.188. The average Bonchev–Trinajstić information content (AvgIpc) is 2.60.